The van der Waals surface area contributed by atoms with Gasteiger partial charge in [-0.2, -0.15) is 0 Å². The summed E-state index contributed by atoms with van der Waals surface area (Å²) in [6, 6.07) is 5.52. The number of hydrogen-bond acceptors (Lipinski definition) is 3. The minimum Gasteiger partial charge on any atom is -0.369 e. The summed E-state index contributed by atoms with van der Waals surface area (Å²) in [5, 5.41) is 2.86. The van der Waals surface area contributed by atoms with Crippen LogP contribution in [-0.4, -0.2) is 24.0 Å². The van der Waals surface area contributed by atoms with E-state index in [1.165, 1.54) is 12.1 Å². The quantitative estimate of drug-likeness (QED) is 0.702. The maximum absolute atomic E-state index is 14.7. The molecule has 4 nitrogen and oxygen atoms in total. The summed E-state index contributed by atoms with van der Waals surface area (Å²) in [6.07, 6.45) is 7.85. The van der Waals surface area contributed by atoms with Crippen LogP contribution in [0.1, 0.15) is 43.7 Å². The highest BCUT2D eigenvalue weighted by molar-refractivity contribution is 6.30. The Morgan fingerprint density at radius 1 is 1.21 bits per heavy atom. The smallest absolute Gasteiger partial charge is 0.225 e. The zero-order valence-electron chi connectivity index (χ0n) is 16.1. The molecule has 1 aliphatic heterocycles. The standard InChI is InChI=1S/C22H24ClF2N3O/c23-17-7-8-18(24)19(20(17)25)21(14-4-1-2-5-14)27-22(29)15-9-11-28(13-15)16-6-3-10-26-12-16/h3,6-8,10,12,14-15,21H,1-2,4-5,9,11,13H2,(H,27,29)/t15-,21-/m0/s1. The molecule has 2 aliphatic rings. The van der Waals surface area contributed by atoms with Gasteiger partial charge < -0.3 is 10.2 Å². The lowest BCUT2D eigenvalue weighted by Gasteiger charge is -2.27. The SMILES string of the molecule is O=C(N[C@H](c1c(F)ccc(Cl)c1F)C1CCCC1)[C@H]1CCN(c2cccnc2)C1. The van der Waals surface area contributed by atoms with Crippen molar-refractivity contribution in [1.82, 2.24) is 10.3 Å². The monoisotopic (exact) mass is 419 g/mol. The van der Waals surface area contributed by atoms with E-state index in [1.807, 2.05) is 12.1 Å². The van der Waals surface area contributed by atoms with Crippen LogP contribution in [0.2, 0.25) is 5.02 Å². The summed E-state index contributed by atoms with van der Waals surface area (Å²) in [4.78, 5) is 19.3. The van der Waals surface area contributed by atoms with E-state index < -0.39 is 17.7 Å². The molecule has 29 heavy (non-hydrogen) atoms. The third kappa shape index (κ3) is 4.22. The van der Waals surface area contributed by atoms with E-state index in [2.05, 4.69) is 15.2 Å². The van der Waals surface area contributed by atoms with Crippen molar-refractivity contribution >= 4 is 23.2 Å². The number of pyridine rings is 1. The fourth-order valence-electron chi connectivity index (χ4n) is 4.56. The summed E-state index contributed by atoms with van der Waals surface area (Å²) in [5.74, 6) is -1.81. The van der Waals surface area contributed by atoms with E-state index in [9.17, 15) is 13.6 Å². The van der Waals surface area contributed by atoms with Crippen LogP contribution in [0, 0.1) is 23.5 Å². The van der Waals surface area contributed by atoms with Crippen molar-refractivity contribution < 1.29 is 13.6 Å². The Labute approximate surface area is 174 Å². The molecule has 1 aromatic carbocycles. The van der Waals surface area contributed by atoms with Gasteiger partial charge in [-0.1, -0.05) is 24.4 Å². The number of hydrogen-bond donors (Lipinski definition) is 1. The molecule has 1 saturated heterocycles. The predicted octanol–water partition coefficient (Wildman–Crippen LogP) is 4.89. The number of benzene rings is 1. The van der Waals surface area contributed by atoms with Gasteiger partial charge in [0.05, 0.1) is 28.9 Å². The molecule has 1 N–H and O–H groups in total. The first-order valence-corrected chi connectivity index (χ1v) is 10.5. The summed E-state index contributed by atoms with van der Waals surface area (Å²) >= 11 is 5.92. The highest BCUT2D eigenvalue weighted by Crippen LogP contribution is 2.39. The van der Waals surface area contributed by atoms with Gasteiger partial charge in [-0.05, 0) is 49.4 Å². The van der Waals surface area contributed by atoms with Crippen molar-refractivity contribution in [3.63, 3.8) is 0 Å². The molecule has 2 fully saturated rings. The number of nitrogens with one attached hydrogen (secondary N) is 1. The topological polar surface area (TPSA) is 45.2 Å². The van der Waals surface area contributed by atoms with Gasteiger partial charge in [-0.25, -0.2) is 8.78 Å². The largest absolute Gasteiger partial charge is 0.369 e. The molecule has 1 saturated carbocycles. The molecule has 0 radical (unpaired) electrons. The molecule has 0 bridgehead atoms. The van der Waals surface area contributed by atoms with Crippen molar-refractivity contribution in [3.8, 4) is 0 Å². The van der Waals surface area contributed by atoms with Gasteiger partial charge in [0.2, 0.25) is 5.91 Å². The maximum atomic E-state index is 14.7. The molecule has 0 unspecified atom stereocenters. The first kappa shape index (κ1) is 20.1. The summed E-state index contributed by atoms with van der Waals surface area (Å²) in [5.41, 5.74) is 0.863. The minimum atomic E-state index is -0.771. The molecule has 154 valence electrons. The van der Waals surface area contributed by atoms with Gasteiger partial charge in [0.15, 0.2) is 0 Å². The Morgan fingerprint density at radius 3 is 2.72 bits per heavy atom. The van der Waals surface area contributed by atoms with Crippen molar-refractivity contribution in [3.05, 3.63) is 58.9 Å². The molecule has 2 aromatic rings. The van der Waals surface area contributed by atoms with Crippen molar-refractivity contribution in [2.45, 2.75) is 38.1 Å². The van der Waals surface area contributed by atoms with Gasteiger partial charge in [0.25, 0.3) is 0 Å². The third-order valence-corrected chi connectivity index (χ3v) is 6.42. The van der Waals surface area contributed by atoms with E-state index >= 15 is 0 Å². The second-order valence-corrected chi connectivity index (χ2v) is 8.34. The predicted molar refractivity (Wildman–Crippen MR) is 109 cm³/mol. The van der Waals surface area contributed by atoms with Crippen LogP contribution in [0.25, 0.3) is 0 Å². The molecule has 2 atom stereocenters. The highest BCUT2D eigenvalue weighted by atomic mass is 35.5. The van der Waals surface area contributed by atoms with E-state index in [4.69, 9.17) is 11.6 Å². The average molecular weight is 420 g/mol. The third-order valence-electron chi connectivity index (χ3n) is 6.13. The number of halogens is 3. The van der Waals surface area contributed by atoms with E-state index in [1.54, 1.807) is 12.4 Å². The zero-order valence-corrected chi connectivity index (χ0v) is 16.8. The normalized spacial score (nSPS) is 20.8. The second-order valence-electron chi connectivity index (χ2n) is 7.93. The molecule has 1 aromatic heterocycles. The van der Waals surface area contributed by atoms with Crippen LogP contribution in [0.15, 0.2) is 36.7 Å². The lowest BCUT2D eigenvalue weighted by atomic mass is 9.90. The number of nitrogens with zero attached hydrogens (tertiary/aromatic N) is 2. The first-order chi connectivity index (χ1) is 14.0. The Kier molecular flexibility index (Phi) is 5.99. The van der Waals surface area contributed by atoms with Crippen molar-refractivity contribution in [2.24, 2.45) is 11.8 Å². The Morgan fingerprint density at radius 2 is 2.00 bits per heavy atom. The fourth-order valence-corrected chi connectivity index (χ4v) is 4.73. The maximum Gasteiger partial charge on any atom is 0.225 e. The van der Waals surface area contributed by atoms with Crippen LogP contribution in [0.4, 0.5) is 14.5 Å². The van der Waals surface area contributed by atoms with Gasteiger partial charge >= 0.3 is 0 Å². The Bertz CT molecular complexity index is 874. The number of amides is 1. The Hall–Kier alpha value is -2.21. The Balaban J connectivity index is 1.53. The number of carbonyl (C=O) groups is 1. The van der Waals surface area contributed by atoms with Gasteiger partial charge in [0.1, 0.15) is 11.6 Å². The molecular weight excluding hydrogens is 396 g/mol. The van der Waals surface area contributed by atoms with Crippen LogP contribution < -0.4 is 10.2 Å². The molecule has 0 spiro atoms. The van der Waals surface area contributed by atoms with Crippen LogP contribution in [-0.2, 0) is 4.79 Å². The summed E-state index contributed by atoms with van der Waals surface area (Å²) in [6.45, 7) is 1.31. The molecule has 2 heterocycles. The first-order valence-electron chi connectivity index (χ1n) is 10.1. The lowest BCUT2D eigenvalue weighted by molar-refractivity contribution is -0.125. The van der Waals surface area contributed by atoms with E-state index in [-0.39, 0.29) is 28.3 Å². The number of carbonyl (C=O) groups excluding carboxylic acids is 1. The van der Waals surface area contributed by atoms with E-state index in [0.29, 0.717) is 13.0 Å². The van der Waals surface area contributed by atoms with Gasteiger partial charge in [-0.15, -0.1) is 0 Å². The van der Waals surface area contributed by atoms with Crippen LogP contribution in [0.3, 0.4) is 0 Å². The molecule has 7 heteroatoms. The summed E-state index contributed by atoms with van der Waals surface area (Å²) in [7, 11) is 0. The lowest BCUT2D eigenvalue weighted by Crippen LogP contribution is -2.39. The van der Waals surface area contributed by atoms with E-state index in [0.717, 1.165) is 37.9 Å². The molecule has 1 amide bonds. The van der Waals surface area contributed by atoms with Crippen molar-refractivity contribution in [2.75, 3.05) is 18.0 Å². The molecular formula is C22H24ClF2N3O. The van der Waals surface area contributed by atoms with Gasteiger partial charge in [0, 0.05) is 24.8 Å². The fraction of sp³-hybridized carbons (Fsp3) is 0.455. The number of aromatic nitrogens is 1. The van der Waals surface area contributed by atoms with Crippen LogP contribution >= 0.6 is 11.6 Å². The highest BCUT2D eigenvalue weighted by Gasteiger charge is 2.36. The average Bonchev–Trinajstić information content (AvgIpc) is 3.43. The molecule has 4 rings (SSSR count). The second kappa shape index (κ2) is 8.66. The number of anilines is 1. The summed E-state index contributed by atoms with van der Waals surface area (Å²) < 4.78 is 29.3. The minimum absolute atomic E-state index is 0.0113. The molecule has 1 aliphatic carbocycles. The van der Waals surface area contributed by atoms with Crippen LogP contribution in [0.5, 0.6) is 0 Å². The number of rotatable bonds is 5. The zero-order chi connectivity index (χ0) is 20.4. The van der Waals surface area contributed by atoms with Crippen molar-refractivity contribution in [1.29, 1.82) is 0 Å². The van der Waals surface area contributed by atoms with Gasteiger partial charge in [-0.3, -0.25) is 9.78 Å².